The Balaban J connectivity index is 1.86. The van der Waals surface area contributed by atoms with Gasteiger partial charge in [0, 0.05) is 10.8 Å². The molecule has 0 aromatic carbocycles. The fourth-order valence-corrected chi connectivity index (χ4v) is 7.61. The first-order valence-electron chi connectivity index (χ1n) is 9.89. The number of halogens is 3. The third-order valence-corrected chi connectivity index (χ3v) is 9.66. The number of ketones is 2. The number of rotatable bonds is 2. The molecule has 0 spiro atoms. The van der Waals surface area contributed by atoms with Gasteiger partial charge in [0.05, 0.1) is 16.0 Å². The number of aliphatic hydroxyl groups excluding tert-OH is 2. The highest BCUT2D eigenvalue weighted by Crippen LogP contribution is 2.70. The minimum absolute atomic E-state index is 0.0130. The van der Waals surface area contributed by atoms with Crippen LogP contribution in [0.15, 0.2) is 22.8 Å². The molecule has 3 N–H and O–H groups in total. The molecule has 3 fully saturated rings. The van der Waals surface area contributed by atoms with Crippen molar-refractivity contribution in [1.82, 2.24) is 0 Å². The summed E-state index contributed by atoms with van der Waals surface area (Å²) in [6, 6.07) is 0. The summed E-state index contributed by atoms with van der Waals surface area (Å²) in [5.74, 6) is -2.09. The molecule has 8 heteroatoms. The van der Waals surface area contributed by atoms with Gasteiger partial charge in [-0.05, 0) is 55.2 Å². The first-order chi connectivity index (χ1) is 13.4. The Labute approximate surface area is 178 Å². The first kappa shape index (κ1) is 21.4. The molecule has 0 aromatic rings. The monoisotopic (exact) mass is 446 g/mol. The van der Waals surface area contributed by atoms with Gasteiger partial charge in [0.25, 0.3) is 0 Å². The van der Waals surface area contributed by atoms with Crippen LogP contribution in [-0.2, 0) is 9.59 Å². The third kappa shape index (κ3) is 2.38. The fourth-order valence-electron chi connectivity index (χ4n) is 6.85. The predicted molar refractivity (Wildman–Crippen MR) is 105 cm³/mol. The number of fused-ring (bicyclic) bond motifs is 5. The summed E-state index contributed by atoms with van der Waals surface area (Å²) in [5, 5.41) is 31.8. The first-order valence-corrected chi connectivity index (χ1v) is 10.6. The molecule has 160 valence electrons. The summed E-state index contributed by atoms with van der Waals surface area (Å²) < 4.78 is 15.3. The van der Waals surface area contributed by atoms with Crippen LogP contribution in [0.25, 0.3) is 0 Å². The Morgan fingerprint density at radius 1 is 1.34 bits per heavy atom. The van der Waals surface area contributed by atoms with Crippen molar-refractivity contribution in [2.45, 2.75) is 62.3 Å². The molecular formula is C21H25Cl2FO5. The maximum absolute atomic E-state index is 15.3. The van der Waals surface area contributed by atoms with Crippen molar-refractivity contribution in [3.05, 3.63) is 22.8 Å². The Bertz CT molecular complexity index is 858. The van der Waals surface area contributed by atoms with Gasteiger partial charge < -0.3 is 15.3 Å². The van der Waals surface area contributed by atoms with E-state index in [0.29, 0.717) is 6.42 Å². The van der Waals surface area contributed by atoms with Crippen molar-refractivity contribution in [2.75, 3.05) is 6.61 Å². The quantitative estimate of drug-likeness (QED) is 0.566. The highest BCUT2D eigenvalue weighted by Gasteiger charge is 2.74. The topological polar surface area (TPSA) is 94.8 Å². The minimum Gasteiger partial charge on any atom is -0.391 e. The van der Waals surface area contributed by atoms with Gasteiger partial charge in [-0.1, -0.05) is 25.4 Å². The number of hydrogen-bond donors (Lipinski definition) is 3. The highest BCUT2D eigenvalue weighted by atomic mass is 35.5. The zero-order valence-electron chi connectivity index (χ0n) is 16.3. The number of carbonyl (C=O) groups excluding carboxylic acids is 2. The van der Waals surface area contributed by atoms with E-state index in [1.165, 1.54) is 12.2 Å². The Morgan fingerprint density at radius 3 is 2.62 bits per heavy atom. The lowest BCUT2D eigenvalue weighted by atomic mass is 9.45. The standard InChI is InChI=1S/C21H25Cl2FO5/c1-18-8-16(27)21(23)11(10(18)3-4-20(18,29)17(28)9-25)5-14(24)12-6-15(26)13(22)7-19(12,21)2/h6-7,10-11,14,16,25,27,29H,3-5,8-9H2,1-2H3/t10-,11-,14-,16-,18-,19-,20-,21-/m0/s1. The van der Waals surface area contributed by atoms with E-state index in [2.05, 4.69) is 0 Å². The lowest BCUT2D eigenvalue weighted by molar-refractivity contribution is -0.175. The molecule has 0 unspecified atom stereocenters. The maximum Gasteiger partial charge on any atom is 0.196 e. The number of hydrogen-bond acceptors (Lipinski definition) is 5. The molecule has 4 aliphatic rings. The molecule has 0 aromatic heterocycles. The summed E-state index contributed by atoms with van der Waals surface area (Å²) in [7, 11) is 0. The third-order valence-electron chi connectivity index (χ3n) is 8.44. The van der Waals surface area contributed by atoms with Crippen molar-refractivity contribution in [2.24, 2.45) is 22.7 Å². The van der Waals surface area contributed by atoms with Gasteiger partial charge in [0.15, 0.2) is 11.6 Å². The van der Waals surface area contributed by atoms with E-state index in [4.69, 9.17) is 23.2 Å². The average molecular weight is 447 g/mol. The molecule has 8 atom stereocenters. The molecule has 0 bridgehead atoms. The zero-order chi connectivity index (χ0) is 21.6. The van der Waals surface area contributed by atoms with Gasteiger partial charge in [-0.15, -0.1) is 11.6 Å². The van der Waals surface area contributed by atoms with Crippen LogP contribution in [0.4, 0.5) is 4.39 Å². The van der Waals surface area contributed by atoms with E-state index in [9.17, 15) is 24.9 Å². The van der Waals surface area contributed by atoms with Gasteiger partial charge >= 0.3 is 0 Å². The summed E-state index contributed by atoms with van der Waals surface area (Å²) in [6.45, 7) is 2.60. The van der Waals surface area contributed by atoms with Gasteiger partial charge in [-0.25, -0.2) is 4.39 Å². The van der Waals surface area contributed by atoms with Crippen LogP contribution in [-0.4, -0.2) is 56.2 Å². The van der Waals surface area contributed by atoms with E-state index >= 15 is 4.39 Å². The molecule has 3 saturated carbocycles. The maximum atomic E-state index is 15.3. The predicted octanol–water partition coefficient (Wildman–Crippen LogP) is 2.43. The van der Waals surface area contributed by atoms with Crippen LogP contribution in [0.2, 0.25) is 0 Å². The second kappa shape index (κ2) is 6.36. The van der Waals surface area contributed by atoms with E-state index in [1.807, 2.05) is 0 Å². The van der Waals surface area contributed by atoms with Gasteiger partial charge in [0.2, 0.25) is 0 Å². The Morgan fingerprint density at radius 2 is 2.00 bits per heavy atom. The molecule has 5 nitrogen and oxygen atoms in total. The van der Waals surface area contributed by atoms with Crippen molar-refractivity contribution >= 4 is 34.8 Å². The second-order valence-corrected chi connectivity index (χ2v) is 10.5. The van der Waals surface area contributed by atoms with Crippen LogP contribution in [0.5, 0.6) is 0 Å². The lowest BCUT2D eigenvalue weighted by Gasteiger charge is -2.64. The lowest BCUT2D eigenvalue weighted by Crippen LogP contribution is -2.69. The molecule has 4 aliphatic carbocycles. The van der Waals surface area contributed by atoms with E-state index in [-0.39, 0.29) is 35.8 Å². The number of carbonyl (C=O) groups is 2. The highest BCUT2D eigenvalue weighted by molar-refractivity contribution is 6.45. The molecule has 0 radical (unpaired) electrons. The van der Waals surface area contributed by atoms with Crippen LogP contribution in [0.1, 0.15) is 39.5 Å². The largest absolute Gasteiger partial charge is 0.391 e. The molecule has 0 heterocycles. The Kier molecular flexibility index (Phi) is 4.70. The molecule has 0 saturated heterocycles. The zero-order valence-corrected chi connectivity index (χ0v) is 17.8. The van der Waals surface area contributed by atoms with E-state index in [1.54, 1.807) is 13.8 Å². The average Bonchev–Trinajstić information content (AvgIpc) is 2.91. The molecular weight excluding hydrogens is 422 g/mol. The molecule has 29 heavy (non-hydrogen) atoms. The molecule has 0 aliphatic heterocycles. The van der Waals surface area contributed by atoms with Crippen molar-refractivity contribution in [3.63, 3.8) is 0 Å². The Hall–Kier alpha value is -0.790. The summed E-state index contributed by atoms with van der Waals surface area (Å²) >= 11 is 13.3. The van der Waals surface area contributed by atoms with Gasteiger partial charge in [-0.2, -0.15) is 0 Å². The number of aliphatic hydroxyl groups is 3. The van der Waals surface area contributed by atoms with E-state index < -0.39 is 57.7 Å². The van der Waals surface area contributed by atoms with Crippen LogP contribution in [0, 0.1) is 22.7 Å². The number of Topliss-reactive ketones (excluding diaryl/α,β-unsaturated/α-hetero) is 1. The summed E-state index contributed by atoms with van der Waals surface area (Å²) in [6.07, 6.45) is 0.513. The van der Waals surface area contributed by atoms with Crippen molar-refractivity contribution < 1.29 is 29.3 Å². The smallest absolute Gasteiger partial charge is 0.196 e. The normalized spacial score (nSPS) is 51.5. The van der Waals surface area contributed by atoms with E-state index in [0.717, 1.165) is 0 Å². The summed E-state index contributed by atoms with van der Waals surface area (Å²) in [4.78, 5) is 23.1. The second-order valence-electron chi connectivity index (χ2n) is 9.46. The molecule has 4 rings (SSSR count). The number of allylic oxidation sites excluding steroid dienone is 4. The van der Waals surface area contributed by atoms with Crippen molar-refractivity contribution in [3.8, 4) is 0 Å². The van der Waals surface area contributed by atoms with Crippen LogP contribution in [0.3, 0.4) is 0 Å². The number of alkyl halides is 2. The molecule has 0 amide bonds. The van der Waals surface area contributed by atoms with Gasteiger partial charge in [-0.3, -0.25) is 9.59 Å². The van der Waals surface area contributed by atoms with Gasteiger partial charge in [0.1, 0.15) is 18.4 Å². The summed E-state index contributed by atoms with van der Waals surface area (Å²) in [5.41, 5.74) is -3.83. The van der Waals surface area contributed by atoms with Crippen molar-refractivity contribution in [1.29, 1.82) is 0 Å². The minimum atomic E-state index is -1.80. The fraction of sp³-hybridized carbons (Fsp3) is 0.714. The van der Waals surface area contributed by atoms with Crippen LogP contribution >= 0.6 is 23.2 Å². The van der Waals surface area contributed by atoms with Crippen LogP contribution < -0.4 is 0 Å². The SMILES string of the molecule is C[C@]12C=C(Cl)C(=O)C=C1[C@@H](F)C[C@H]1[C@@H]3CC[C@](O)(C(=O)CO)[C@@]3(C)C[C@H](O)[C@@]12Cl.